The molecule has 0 spiro atoms. The van der Waals surface area contributed by atoms with Crippen molar-refractivity contribution in [2.24, 2.45) is 0 Å². The maximum Gasteiger partial charge on any atom is 0.0571 e. The molecule has 0 saturated carbocycles. The van der Waals surface area contributed by atoms with Gasteiger partial charge >= 0.3 is 0 Å². The van der Waals surface area contributed by atoms with Crippen LogP contribution in [-0.4, -0.2) is 18.5 Å². The molecule has 0 aliphatic heterocycles. The SMILES string of the molecule is CCCC[PH+](CCCC)CCCC.[Br-]. The van der Waals surface area contributed by atoms with E-state index in [1.165, 1.54) is 38.5 Å². The second-order valence-electron chi connectivity index (χ2n) is 4.06. The first-order valence-corrected chi connectivity index (χ1v) is 8.30. The average Bonchev–Trinajstić information content (AvgIpc) is 2.17. The third-order valence-electron chi connectivity index (χ3n) is 2.65. The number of hydrogen-bond acceptors (Lipinski definition) is 0. The molecule has 0 aromatic rings. The Kier molecular flexibility index (Phi) is 17.2. The Bertz CT molecular complexity index is 77.3. The normalized spacial score (nSPS) is 10.3. The van der Waals surface area contributed by atoms with Crippen LogP contribution in [0.5, 0.6) is 0 Å². The molecule has 0 aliphatic rings. The summed E-state index contributed by atoms with van der Waals surface area (Å²) < 4.78 is 0. The molecule has 0 bridgehead atoms. The zero-order valence-corrected chi connectivity index (χ0v) is 12.8. The first-order valence-electron chi connectivity index (χ1n) is 6.18. The van der Waals surface area contributed by atoms with Gasteiger partial charge in [0.25, 0.3) is 0 Å². The molecule has 0 atom stereocenters. The van der Waals surface area contributed by atoms with Gasteiger partial charge in [-0.15, -0.1) is 0 Å². The summed E-state index contributed by atoms with van der Waals surface area (Å²) in [7, 11) is 0.0675. The molecule has 0 aromatic carbocycles. The van der Waals surface area contributed by atoms with Crippen molar-refractivity contribution < 1.29 is 17.0 Å². The summed E-state index contributed by atoms with van der Waals surface area (Å²) in [5.74, 6) is 0. The van der Waals surface area contributed by atoms with E-state index >= 15 is 0 Å². The highest BCUT2D eigenvalue weighted by Crippen LogP contribution is 2.38. The van der Waals surface area contributed by atoms with E-state index < -0.39 is 0 Å². The summed E-state index contributed by atoms with van der Waals surface area (Å²) in [4.78, 5) is 0. The molecule has 14 heavy (non-hydrogen) atoms. The highest BCUT2D eigenvalue weighted by atomic mass is 79.9. The lowest BCUT2D eigenvalue weighted by molar-refractivity contribution is -0.00000302. The van der Waals surface area contributed by atoms with Crippen molar-refractivity contribution >= 4 is 7.92 Å². The molecule has 0 N–H and O–H groups in total. The Morgan fingerprint density at radius 2 is 0.929 bits per heavy atom. The summed E-state index contributed by atoms with van der Waals surface area (Å²) in [6.07, 6.45) is 13.4. The Balaban J connectivity index is 0. The number of unbranched alkanes of at least 4 members (excludes halogenated alkanes) is 3. The van der Waals surface area contributed by atoms with Gasteiger partial charge in [-0.25, -0.2) is 0 Å². The Hall–Kier alpha value is 0.910. The van der Waals surface area contributed by atoms with Crippen molar-refractivity contribution in [2.75, 3.05) is 18.5 Å². The molecule has 0 unspecified atom stereocenters. The summed E-state index contributed by atoms with van der Waals surface area (Å²) in [6, 6.07) is 0. The molecule has 0 nitrogen and oxygen atoms in total. The molecule has 0 fully saturated rings. The molecular weight excluding hydrogens is 255 g/mol. The fourth-order valence-electron chi connectivity index (χ4n) is 1.66. The summed E-state index contributed by atoms with van der Waals surface area (Å²) >= 11 is 0. The van der Waals surface area contributed by atoms with Crippen molar-refractivity contribution in [1.82, 2.24) is 0 Å². The van der Waals surface area contributed by atoms with Crippen LogP contribution in [0.2, 0.25) is 0 Å². The minimum Gasteiger partial charge on any atom is -1.00 e. The van der Waals surface area contributed by atoms with Crippen molar-refractivity contribution in [3.8, 4) is 0 Å². The topological polar surface area (TPSA) is 0 Å². The largest absolute Gasteiger partial charge is 1.00 e. The fourth-order valence-corrected chi connectivity index (χ4v) is 4.97. The molecule has 0 aliphatic carbocycles. The van der Waals surface area contributed by atoms with Gasteiger partial charge in [0.1, 0.15) is 0 Å². The highest BCUT2D eigenvalue weighted by Gasteiger charge is 2.12. The van der Waals surface area contributed by atoms with Gasteiger partial charge in [-0.3, -0.25) is 0 Å². The van der Waals surface area contributed by atoms with Crippen LogP contribution in [0.1, 0.15) is 59.3 Å². The van der Waals surface area contributed by atoms with Gasteiger partial charge in [0.15, 0.2) is 0 Å². The van der Waals surface area contributed by atoms with E-state index in [9.17, 15) is 0 Å². The highest BCUT2D eigenvalue weighted by molar-refractivity contribution is 7.57. The van der Waals surface area contributed by atoms with Crippen molar-refractivity contribution in [3.63, 3.8) is 0 Å². The van der Waals surface area contributed by atoms with Crippen molar-refractivity contribution in [3.05, 3.63) is 0 Å². The van der Waals surface area contributed by atoms with Crippen molar-refractivity contribution in [2.45, 2.75) is 59.3 Å². The van der Waals surface area contributed by atoms with E-state index in [4.69, 9.17) is 0 Å². The minimum absolute atomic E-state index is 0. The smallest absolute Gasteiger partial charge is 0.0571 e. The maximum absolute atomic E-state index is 2.32. The van der Waals surface area contributed by atoms with Crippen LogP contribution >= 0.6 is 7.92 Å². The van der Waals surface area contributed by atoms with Gasteiger partial charge in [-0.1, -0.05) is 40.0 Å². The third kappa shape index (κ3) is 11.0. The number of halogens is 1. The maximum atomic E-state index is 2.32. The van der Waals surface area contributed by atoms with Crippen LogP contribution in [0.4, 0.5) is 0 Å². The van der Waals surface area contributed by atoms with Crippen molar-refractivity contribution in [1.29, 1.82) is 0 Å². The van der Waals surface area contributed by atoms with E-state index in [1.807, 2.05) is 0 Å². The lowest BCUT2D eigenvalue weighted by Crippen LogP contribution is -3.00. The van der Waals surface area contributed by atoms with Crippen LogP contribution < -0.4 is 17.0 Å². The molecular formula is C12H28BrP. The van der Waals surface area contributed by atoms with Crippen LogP contribution in [0.15, 0.2) is 0 Å². The molecule has 0 saturated heterocycles. The third-order valence-corrected chi connectivity index (χ3v) is 5.83. The van der Waals surface area contributed by atoms with Gasteiger partial charge in [0.05, 0.1) is 18.5 Å². The van der Waals surface area contributed by atoms with E-state index in [0.29, 0.717) is 0 Å². The van der Waals surface area contributed by atoms with Gasteiger partial charge < -0.3 is 17.0 Å². The Morgan fingerprint density at radius 1 is 0.643 bits per heavy atom. The summed E-state index contributed by atoms with van der Waals surface area (Å²) in [6.45, 7) is 6.96. The van der Waals surface area contributed by atoms with Crippen LogP contribution in [-0.2, 0) is 0 Å². The number of hydrogen-bond donors (Lipinski definition) is 0. The molecule has 0 rings (SSSR count). The van der Waals surface area contributed by atoms with Gasteiger partial charge in [0, 0.05) is 7.92 Å². The summed E-state index contributed by atoms with van der Waals surface area (Å²) in [5, 5.41) is 0. The lowest BCUT2D eigenvalue weighted by atomic mass is 10.4. The number of rotatable bonds is 9. The minimum atomic E-state index is 0. The molecule has 0 aromatic heterocycles. The van der Waals surface area contributed by atoms with E-state index in [1.54, 1.807) is 18.5 Å². The van der Waals surface area contributed by atoms with E-state index in [0.717, 1.165) is 0 Å². The average molecular weight is 283 g/mol. The molecule has 2 heteroatoms. The molecule has 88 valence electrons. The predicted octanol–water partition coefficient (Wildman–Crippen LogP) is 1.60. The standard InChI is InChI=1S/C12H27P.BrH/c1-4-7-10-13(11-8-5-2)12-9-6-3;/h4-12H2,1-3H3;1H. The summed E-state index contributed by atoms with van der Waals surface area (Å²) in [5.41, 5.74) is 0. The Labute approximate surface area is 103 Å². The zero-order valence-electron chi connectivity index (χ0n) is 10.2. The second kappa shape index (κ2) is 13.9. The van der Waals surface area contributed by atoms with Crippen LogP contribution in [0.25, 0.3) is 0 Å². The first kappa shape index (κ1) is 17.3. The molecule has 0 heterocycles. The molecule has 0 amide bonds. The van der Waals surface area contributed by atoms with Gasteiger partial charge in [0.2, 0.25) is 0 Å². The van der Waals surface area contributed by atoms with E-state index in [2.05, 4.69) is 20.8 Å². The van der Waals surface area contributed by atoms with E-state index in [-0.39, 0.29) is 24.9 Å². The van der Waals surface area contributed by atoms with Gasteiger partial charge in [-0.05, 0) is 19.3 Å². The predicted molar refractivity (Wildman–Crippen MR) is 67.6 cm³/mol. The fraction of sp³-hybridized carbons (Fsp3) is 1.00. The lowest BCUT2D eigenvalue weighted by Gasteiger charge is -2.09. The van der Waals surface area contributed by atoms with Crippen LogP contribution in [0, 0.1) is 0 Å². The monoisotopic (exact) mass is 282 g/mol. The van der Waals surface area contributed by atoms with Crippen LogP contribution in [0.3, 0.4) is 0 Å². The van der Waals surface area contributed by atoms with Gasteiger partial charge in [-0.2, -0.15) is 0 Å². The zero-order chi connectivity index (χ0) is 9.94. The second-order valence-corrected chi connectivity index (χ2v) is 7.06. The first-order chi connectivity index (χ1) is 6.35. The molecule has 0 radical (unpaired) electrons. The Morgan fingerprint density at radius 3 is 1.14 bits per heavy atom. The quantitative estimate of drug-likeness (QED) is 0.564.